The first-order valence-electron chi connectivity index (χ1n) is 5.13. The quantitative estimate of drug-likeness (QED) is 0.826. The van der Waals surface area contributed by atoms with E-state index in [-0.39, 0.29) is 5.25 Å². The van der Waals surface area contributed by atoms with Crippen molar-refractivity contribution in [2.75, 3.05) is 6.54 Å². The lowest BCUT2D eigenvalue weighted by Crippen LogP contribution is -2.08. The van der Waals surface area contributed by atoms with Crippen LogP contribution in [-0.4, -0.2) is 11.5 Å². The molecule has 2 aromatic rings. The molecule has 0 radical (unpaired) electrons. The monoisotopic (exact) mass is 234 g/mol. The minimum atomic E-state index is 0.128. The largest absolute Gasteiger partial charge is 0.465 e. The molecule has 0 aliphatic carbocycles. The van der Waals surface area contributed by atoms with E-state index in [2.05, 4.69) is 4.98 Å². The van der Waals surface area contributed by atoms with Gasteiger partial charge in [0.25, 0.3) is 0 Å². The number of nitrogens with zero attached hydrogens (tertiary/aromatic N) is 1. The normalized spacial score (nSPS) is 12.6. The number of pyridine rings is 1. The zero-order chi connectivity index (χ0) is 11.4. The summed E-state index contributed by atoms with van der Waals surface area (Å²) in [5.74, 6) is 1.82. The molecule has 0 saturated carbocycles. The van der Waals surface area contributed by atoms with Crippen molar-refractivity contribution < 1.29 is 4.42 Å². The number of hydrogen-bond donors (Lipinski definition) is 1. The summed E-state index contributed by atoms with van der Waals surface area (Å²) in [7, 11) is 0. The Balaban J connectivity index is 2.12. The molecule has 0 saturated heterocycles. The van der Waals surface area contributed by atoms with Crippen LogP contribution in [0.1, 0.15) is 16.8 Å². The summed E-state index contributed by atoms with van der Waals surface area (Å²) >= 11 is 1.63. The summed E-state index contributed by atoms with van der Waals surface area (Å²) in [6.45, 7) is 2.47. The lowest BCUT2D eigenvalue weighted by atomic mass is 10.3. The van der Waals surface area contributed by atoms with Gasteiger partial charge in [-0.15, -0.1) is 0 Å². The number of nitrogens with two attached hydrogens (primary N) is 1. The van der Waals surface area contributed by atoms with Crippen LogP contribution in [-0.2, 0) is 0 Å². The van der Waals surface area contributed by atoms with Crippen molar-refractivity contribution >= 4 is 11.8 Å². The maximum atomic E-state index is 5.75. The number of aryl methyl sites for hydroxylation is 1. The topological polar surface area (TPSA) is 52.0 Å². The Bertz CT molecular complexity index is 441. The van der Waals surface area contributed by atoms with Gasteiger partial charge in [0.2, 0.25) is 0 Å². The summed E-state index contributed by atoms with van der Waals surface area (Å²) in [6.07, 6.45) is 1.78. The zero-order valence-corrected chi connectivity index (χ0v) is 9.91. The van der Waals surface area contributed by atoms with Gasteiger partial charge in [0.05, 0.1) is 10.3 Å². The van der Waals surface area contributed by atoms with E-state index >= 15 is 0 Å². The molecule has 2 aromatic heterocycles. The molecule has 0 amide bonds. The first kappa shape index (κ1) is 11.2. The molecule has 0 spiro atoms. The van der Waals surface area contributed by atoms with E-state index in [4.69, 9.17) is 10.2 Å². The van der Waals surface area contributed by atoms with Crippen LogP contribution in [0.5, 0.6) is 0 Å². The lowest BCUT2D eigenvalue weighted by molar-refractivity contribution is 0.481. The summed E-state index contributed by atoms with van der Waals surface area (Å²) < 4.78 is 5.58. The Morgan fingerprint density at radius 3 is 2.81 bits per heavy atom. The fourth-order valence-corrected chi connectivity index (χ4v) is 2.32. The molecule has 0 fully saturated rings. The van der Waals surface area contributed by atoms with E-state index in [1.165, 1.54) is 0 Å². The Kier molecular flexibility index (Phi) is 3.64. The van der Waals surface area contributed by atoms with Gasteiger partial charge in [-0.3, -0.25) is 0 Å². The van der Waals surface area contributed by atoms with Crippen LogP contribution in [0.4, 0.5) is 0 Å². The van der Waals surface area contributed by atoms with E-state index in [1.54, 1.807) is 18.0 Å². The third kappa shape index (κ3) is 2.65. The van der Waals surface area contributed by atoms with Crippen LogP contribution in [0.25, 0.3) is 0 Å². The molecule has 1 atom stereocenters. The molecule has 84 valence electrons. The van der Waals surface area contributed by atoms with Crippen LogP contribution in [0.2, 0.25) is 0 Å². The number of furan rings is 1. The fourth-order valence-electron chi connectivity index (χ4n) is 1.41. The minimum absolute atomic E-state index is 0.128. The molecule has 0 aromatic carbocycles. The van der Waals surface area contributed by atoms with Gasteiger partial charge in [-0.05, 0) is 31.2 Å². The van der Waals surface area contributed by atoms with E-state index in [0.717, 1.165) is 16.5 Å². The molecule has 0 bridgehead atoms. The molecule has 2 N–H and O–H groups in total. The third-order valence-corrected chi connectivity index (χ3v) is 3.39. The van der Waals surface area contributed by atoms with Gasteiger partial charge in [0, 0.05) is 12.7 Å². The van der Waals surface area contributed by atoms with Crippen molar-refractivity contribution in [2.24, 2.45) is 5.73 Å². The van der Waals surface area contributed by atoms with Crippen molar-refractivity contribution in [1.82, 2.24) is 4.98 Å². The Hall–Kier alpha value is -1.26. The number of thioether (sulfide) groups is 1. The van der Waals surface area contributed by atoms with Gasteiger partial charge in [-0.1, -0.05) is 17.8 Å². The Morgan fingerprint density at radius 2 is 2.25 bits per heavy atom. The molecule has 2 heterocycles. The van der Waals surface area contributed by atoms with Gasteiger partial charge >= 0.3 is 0 Å². The summed E-state index contributed by atoms with van der Waals surface area (Å²) in [4.78, 5) is 4.26. The Morgan fingerprint density at radius 1 is 1.38 bits per heavy atom. The van der Waals surface area contributed by atoms with Gasteiger partial charge in [-0.25, -0.2) is 4.98 Å². The number of hydrogen-bond acceptors (Lipinski definition) is 4. The van der Waals surface area contributed by atoms with Crippen LogP contribution in [0.3, 0.4) is 0 Å². The van der Waals surface area contributed by atoms with E-state index in [0.29, 0.717) is 6.54 Å². The van der Waals surface area contributed by atoms with Gasteiger partial charge < -0.3 is 10.2 Å². The summed E-state index contributed by atoms with van der Waals surface area (Å²) in [5.41, 5.74) is 5.75. The average Bonchev–Trinajstić information content (AvgIpc) is 2.74. The van der Waals surface area contributed by atoms with Crippen molar-refractivity contribution in [3.63, 3.8) is 0 Å². The molecule has 0 aliphatic heterocycles. The Labute approximate surface area is 99.1 Å². The van der Waals surface area contributed by atoms with Crippen LogP contribution < -0.4 is 5.73 Å². The fraction of sp³-hybridized carbons (Fsp3) is 0.250. The van der Waals surface area contributed by atoms with Crippen LogP contribution in [0.15, 0.2) is 46.0 Å². The van der Waals surface area contributed by atoms with Crippen LogP contribution in [0, 0.1) is 6.92 Å². The third-order valence-electron chi connectivity index (χ3n) is 2.19. The first-order valence-corrected chi connectivity index (χ1v) is 6.01. The highest BCUT2D eigenvalue weighted by atomic mass is 32.2. The maximum absolute atomic E-state index is 5.75. The van der Waals surface area contributed by atoms with Gasteiger partial charge in [0.1, 0.15) is 11.5 Å². The molecular weight excluding hydrogens is 220 g/mol. The highest BCUT2D eigenvalue weighted by molar-refractivity contribution is 7.99. The van der Waals surface area contributed by atoms with E-state index in [9.17, 15) is 0 Å². The zero-order valence-electron chi connectivity index (χ0n) is 9.09. The molecule has 4 heteroatoms. The molecule has 0 aliphatic rings. The van der Waals surface area contributed by atoms with Crippen LogP contribution >= 0.6 is 11.8 Å². The molecule has 16 heavy (non-hydrogen) atoms. The maximum Gasteiger partial charge on any atom is 0.118 e. The van der Waals surface area contributed by atoms with Crippen molar-refractivity contribution in [3.8, 4) is 0 Å². The average molecular weight is 234 g/mol. The van der Waals surface area contributed by atoms with Gasteiger partial charge in [0.15, 0.2) is 0 Å². The van der Waals surface area contributed by atoms with Crippen molar-refractivity contribution in [3.05, 3.63) is 48.0 Å². The SMILES string of the molecule is Cc1ccc(C(CN)Sc2ccccn2)o1. The summed E-state index contributed by atoms with van der Waals surface area (Å²) in [6, 6.07) is 9.78. The first-order chi connectivity index (χ1) is 7.79. The van der Waals surface area contributed by atoms with Crippen molar-refractivity contribution in [1.29, 1.82) is 0 Å². The van der Waals surface area contributed by atoms with Gasteiger partial charge in [-0.2, -0.15) is 0 Å². The predicted molar refractivity (Wildman–Crippen MR) is 65.3 cm³/mol. The highest BCUT2D eigenvalue weighted by Gasteiger charge is 2.15. The predicted octanol–water partition coefficient (Wildman–Crippen LogP) is 2.78. The number of rotatable bonds is 4. The van der Waals surface area contributed by atoms with E-state index < -0.39 is 0 Å². The highest BCUT2D eigenvalue weighted by Crippen LogP contribution is 2.33. The van der Waals surface area contributed by atoms with Crippen molar-refractivity contribution in [2.45, 2.75) is 17.2 Å². The number of aromatic nitrogens is 1. The second-order valence-electron chi connectivity index (χ2n) is 3.46. The molecule has 1 unspecified atom stereocenters. The smallest absolute Gasteiger partial charge is 0.118 e. The summed E-state index contributed by atoms with van der Waals surface area (Å²) in [5, 5.41) is 1.09. The molecule has 2 rings (SSSR count). The second kappa shape index (κ2) is 5.18. The van der Waals surface area contributed by atoms with E-state index in [1.807, 2.05) is 37.3 Å². The second-order valence-corrected chi connectivity index (χ2v) is 4.68. The standard InChI is InChI=1S/C12H14N2OS/c1-9-5-6-10(15-9)11(8-13)16-12-4-2-3-7-14-12/h2-7,11H,8,13H2,1H3. The lowest BCUT2D eigenvalue weighted by Gasteiger charge is -2.10. The minimum Gasteiger partial charge on any atom is -0.465 e. The molecular formula is C12H14N2OS. The molecule has 3 nitrogen and oxygen atoms in total.